The molecule has 0 saturated carbocycles. The number of ether oxygens (including phenoxy) is 1. The fourth-order valence-electron chi connectivity index (χ4n) is 4.46. The van der Waals surface area contributed by atoms with Crippen LogP contribution in [0.15, 0.2) is 77.6 Å². The van der Waals surface area contributed by atoms with Gasteiger partial charge in [-0.3, -0.25) is 9.36 Å². The summed E-state index contributed by atoms with van der Waals surface area (Å²) in [6.07, 6.45) is 0. The number of nitrogens with one attached hydrogen (secondary N) is 1. The first-order chi connectivity index (χ1) is 19.2. The number of hydrogen-bond donors (Lipinski definition) is 1. The second kappa shape index (κ2) is 12.6. The molecule has 4 rings (SSSR count). The van der Waals surface area contributed by atoms with Gasteiger partial charge in [0.2, 0.25) is 0 Å². The average molecular weight is 542 g/mol. The van der Waals surface area contributed by atoms with E-state index in [4.69, 9.17) is 9.72 Å². The van der Waals surface area contributed by atoms with Crippen LogP contribution in [-0.2, 0) is 4.74 Å². The first-order valence-corrected chi connectivity index (χ1v) is 13.3. The second-order valence-electron chi connectivity index (χ2n) is 9.87. The van der Waals surface area contributed by atoms with E-state index in [0.717, 1.165) is 5.56 Å². The number of carbonyl (C=O) groups is 2. The number of likely N-dealkylation sites (N-methyl/N-ethyl adjacent to an activating group) is 1. The monoisotopic (exact) mass is 541 g/mol. The molecular formula is C31H35N5O4. The van der Waals surface area contributed by atoms with Gasteiger partial charge >= 0.3 is 12.0 Å². The molecule has 3 aromatic carbocycles. The molecule has 9 heteroatoms. The van der Waals surface area contributed by atoms with Gasteiger partial charge in [0.25, 0.3) is 5.56 Å². The van der Waals surface area contributed by atoms with Crippen LogP contribution in [0.5, 0.6) is 0 Å². The molecule has 1 atom stereocenters. The Kier molecular flexibility index (Phi) is 8.96. The Hall–Kier alpha value is -4.50. The number of nitrogens with zero attached hydrogens (tertiary/aromatic N) is 4. The third-order valence-electron chi connectivity index (χ3n) is 6.60. The van der Waals surface area contributed by atoms with E-state index in [1.165, 1.54) is 0 Å². The number of fused-ring (bicyclic) bond motifs is 1. The van der Waals surface area contributed by atoms with Crippen molar-refractivity contribution in [3.63, 3.8) is 0 Å². The van der Waals surface area contributed by atoms with E-state index < -0.39 is 12.0 Å². The van der Waals surface area contributed by atoms with Gasteiger partial charge < -0.3 is 19.9 Å². The van der Waals surface area contributed by atoms with Crippen LogP contribution in [0, 0.1) is 6.92 Å². The van der Waals surface area contributed by atoms with Crippen LogP contribution in [0.4, 0.5) is 10.5 Å². The molecule has 0 radical (unpaired) electrons. The van der Waals surface area contributed by atoms with E-state index in [-0.39, 0.29) is 18.2 Å². The molecule has 0 fully saturated rings. The highest BCUT2D eigenvalue weighted by atomic mass is 16.5. The van der Waals surface area contributed by atoms with Crippen LogP contribution in [-0.4, -0.2) is 65.1 Å². The SMILES string of the molecule is CCOC(=O)c1ccc(NC(=O)N(CCN(C)C)C(C)c2nc3ccccc3c(=O)n2-c2cccc(C)c2)cc1. The molecule has 0 aliphatic carbocycles. The molecule has 1 unspecified atom stereocenters. The van der Waals surface area contributed by atoms with Crippen molar-refractivity contribution in [1.82, 2.24) is 19.4 Å². The van der Waals surface area contributed by atoms with Crippen molar-refractivity contribution in [1.29, 1.82) is 0 Å². The summed E-state index contributed by atoms with van der Waals surface area (Å²) in [5.41, 5.74) is 3.00. The Morgan fingerprint density at radius 2 is 1.73 bits per heavy atom. The molecule has 0 aliphatic rings. The Balaban J connectivity index is 1.74. The molecule has 4 aromatic rings. The number of para-hydroxylation sites is 1. The third kappa shape index (κ3) is 6.38. The van der Waals surface area contributed by atoms with E-state index in [0.29, 0.717) is 46.8 Å². The number of aromatic nitrogens is 2. The second-order valence-corrected chi connectivity index (χ2v) is 9.87. The lowest BCUT2D eigenvalue weighted by Gasteiger charge is -2.31. The first-order valence-electron chi connectivity index (χ1n) is 13.3. The van der Waals surface area contributed by atoms with Crippen molar-refractivity contribution in [2.75, 3.05) is 39.1 Å². The minimum Gasteiger partial charge on any atom is -0.462 e. The van der Waals surface area contributed by atoms with Crippen molar-refractivity contribution >= 4 is 28.6 Å². The maximum Gasteiger partial charge on any atom is 0.338 e. The zero-order valence-corrected chi connectivity index (χ0v) is 23.5. The average Bonchev–Trinajstić information content (AvgIpc) is 2.93. The molecule has 1 heterocycles. The van der Waals surface area contributed by atoms with E-state index in [2.05, 4.69) is 5.32 Å². The number of aryl methyl sites for hydroxylation is 1. The van der Waals surface area contributed by atoms with Gasteiger partial charge in [0.05, 0.1) is 34.8 Å². The molecule has 0 saturated heterocycles. The summed E-state index contributed by atoms with van der Waals surface area (Å²) >= 11 is 0. The standard InChI is InChI=1S/C31H35N5O4/c1-6-40-30(38)23-14-16-24(17-15-23)32-31(39)35(19-18-34(4)5)22(3)28-33-27-13-8-7-12-26(27)29(37)36(28)25-11-9-10-21(2)20-25/h7-17,20,22H,6,18-19H2,1-5H3,(H,32,39). The smallest absolute Gasteiger partial charge is 0.338 e. The number of amides is 2. The maximum atomic E-state index is 13.8. The minimum atomic E-state index is -0.559. The fourth-order valence-corrected chi connectivity index (χ4v) is 4.46. The Morgan fingerprint density at radius 1 is 1.00 bits per heavy atom. The topological polar surface area (TPSA) is 96.8 Å². The highest BCUT2D eigenvalue weighted by Gasteiger charge is 2.27. The van der Waals surface area contributed by atoms with Crippen LogP contribution in [0.1, 0.15) is 41.6 Å². The molecular weight excluding hydrogens is 506 g/mol. The lowest BCUT2D eigenvalue weighted by atomic mass is 10.1. The lowest BCUT2D eigenvalue weighted by molar-refractivity contribution is 0.0526. The predicted octanol–water partition coefficient (Wildman–Crippen LogP) is 5.03. The summed E-state index contributed by atoms with van der Waals surface area (Å²) in [6, 6.07) is 20.6. The zero-order chi connectivity index (χ0) is 28.8. The van der Waals surface area contributed by atoms with E-state index in [9.17, 15) is 14.4 Å². The Morgan fingerprint density at radius 3 is 2.40 bits per heavy atom. The molecule has 9 nitrogen and oxygen atoms in total. The van der Waals surface area contributed by atoms with Crippen LogP contribution < -0.4 is 10.9 Å². The molecule has 40 heavy (non-hydrogen) atoms. The molecule has 0 spiro atoms. The van der Waals surface area contributed by atoms with Gasteiger partial charge in [0, 0.05) is 18.8 Å². The highest BCUT2D eigenvalue weighted by Crippen LogP contribution is 2.24. The zero-order valence-electron chi connectivity index (χ0n) is 23.5. The molecule has 2 amide bonds. The molecule has 1 N–H and O–H groups in total. The number of esters is 1. The van der Waals surface area contributed by atoms with Crippen molar-refractivity contribution in [3.8, 4) is 5.69 Å². The largest absolute Gasteiger partial charge is 0.462 e. The highest BCUT2D eigenvalue weighted by molar-refractivity contribution is 5.92. The van der Waals surface area contributed by atoms with Crippen molar-refractivity contribution in [3.05, 3.63) is 100 Å². The third-order valence-corrected chi connectivity index (χ3v) is 6.60. The van der Waals surface area contributed by atoms with Gasteiger partial charge in [-0.25, -0.2) is 14.6 Å². The summed E-state index contributed by atoms with van der Waals surface area (Å²) in [5, 5.41) is 3.44. The van der Waals surface area contributed by atoms with E-state index >= 15 is 0 Å². The molecule has 0 aliphatic heterocycles. The van der Waals surface area contributed by atoms with E-state index in [1.807, 2.05) is 75.3 Å². The van der Waals surface area contributed by atoms with Crippen LogP contribution in [0.25, 0.3) is 16.6 Å². The lowest BCUT2D eigenvalue weighted by Crippen LogP contribution is -2.43. The number of urea groups is 1. The summed E-state index contributed by atoms with van der Waals surface area (Å²) < 4.78 is 6.64. The van der Waals surface area contributed by atoms with Crippen molar-refractivity contribution in [2.45, 2.75) is 26.8 Å². The van der Waals surface area contributed by atoms with Gasteiger partial charge in [-0.05, 0) is 89.0 Å². The minimum absolute atomic E-state index is 0.194. The summed E-state index contributed by atoms with van der Waals surface area (Å²) in [6.45, 7) is 6.86. The summed E-state index contributed by atoms with van der Waals surface area (Å²) in [4.78, 5) is 48.1. The Labute approximate surface area is 234 Å². The summed E-state index contributed by atoms with van der Waals surface area (Å²) in [5.74, 6) is 0.0407. The number of anilines is 1. The van der Waals surface area contributed by atoms with E-state index in [1.54, 1.807) is 46.7 Å². The van der Waals surface area contributed by atoms with Crippen molar-refractivity contribution in [2.24, 2.45) is 0 Å². The predicted molar refractivity (Wildman–Crippen MR) is 157 cm³/mol. The van der Waals surface area contributed by atoms with Crippen molar-refractivity contribution < 1.29 is 14.3 Å². The van der Waals surface area contributed by atoms with Crippen LogP contribution in [0.3, 0.4) is 0 Å². The number of hydrogen-bond acceptors (Lipinski definition) is 6. The number of rotatable bonds is 9. The molecule has 0 bridgehead atoms. The molecule has 208 valence electrons. The fraction of sp³-hybridized carbons (Fsp3) is 0.290. The Bertz CT molecular complexity index is 1560. The van der Waals surface area contributed by atoms with Gasteiger partial charge in [0.15, 0.2) is 0 Å². The van der Waals surface area contributed by atoms with Gasteiger partial charge in [-0.15, -0.1) is 0 Å². The van der Waals surface area contributed by atoms with Crippen LogP contribution in [0.2, 0.25) is 0 Å². The van der Waals surface area contributed by atoms with Gasteiger partial charge in [0.1, 0.15) is 5.82 Å². The quantitative estimate of drug-likeness (QED) is 0.299. The number of carbonyl (C=O) groups excluding carboxylic acids is 2. The maximum absolute atomic E-state index is 13.8. The number of benzene rings is 3. The molecule has 1 aromatic heterocycles. The summed E-state index contributed by atoms with van der Waals surface area (Å²) in [7, 11) is 3.87. The normalized spacial score (nSPS) is 11.8. The first kappa shape index (κ1) is 28.5. The van der Waals surface area contributed by atoms with Crippen LogP contribution >= 0.6 is 0 Å². The van der Waals surface area contributed by atoms with Gasteiger partial charge in [-0.1, -0.05) is 24.3 Å². The van der Waals surface area contributed by atoms with Gasteiger partial charge in [-0.2, -0.15) is 0 Å².